The van der Waals surface area contributed by atoms with Gasteiger partial charge in [0.15, 0.2) is 49.5 Å². The van der Waals surface area contributed by atoms with Crippen LogP contribution in [-0.4, -0.2) is 77.4 Å². The lowest BCUT2D eigenvalue weighted by atomic mass is 10.2. The highest BCUT2D eigenvalue weighted by Crippen LogP contribution is 2.24. The number of fused-ring (bicyclic) bond motifs is 3. The van der Waals surface area contributed by atoms with Crippen molar-refractivity contribution in [3.8, 4) is 0 Å². The minimum atomic E-state index is 0.501. The standard InChI is InChI=1S/C13H15N3OS.C12H15N3O2S.C11H13N3O2S/c18-13(14-9-5-1-2-6-9)15-12-10-7-3-4-8-11(10)17-16-12;1-16-8-4-7-13-12(18)14-11-9-5-2-3-6-10(9)17-15-11;1-15-7-6-12-11(17)13-10-8-4-2-3-5-9(8)16-14-10/h3-4,7-9H,1-2,5-6H2,(H2,14,15,16,18);2-3,5-6H,4,7-8H2,1H3,(H2,13,14,15,18);2-5H,6-7H2,1H3,(H2,12,13,14,17). The molecule has 3 aromatic carbocycles. The quantitative estimate of drug-likeness (QED) is 0.0589. The van der Waals surface area contributed by atoms with Gasteiger partial charge in [0.2, 0.25) is 0 Å². The molecule has 3 aromatic heterocycles. The van der Waals surface area contributed by atoms with Crippen molar-refractivity contribution >= 4 is 102 Å². The molecule has 0 radical (unpaired) electrons. The van der Waals surface area contributed by atoms with E-state index in [9.17, 15) is 0 Å². The van der Waals surface area contributed by atoms with Crippen LogP contribution in [-0.2, 0) is 9.47 Å². The minimum Gasteiger partial charge on any atom is -0.385 e. The highest BCUT2D eigenvalue weighted by atomic mass is 32.1. The zero-order chi connectivity index (χ0) is 37.3. The highest BCUT2D eigenvalue weighted by molar-refractivity contribution is 7.80. The Morgan fingerprint density at radius 2 is 1.02 bits per heavy atom. The molecule has 0 amide bonds. The number of anilines is 3. The van der Waals surface area contributed by atoms with Crippen LogP contribution in [0.3, 0.4) is 0 Å². The molecule has 0 aliphatic heterocycles. The van der Waals surface area contributed by atoms with Crippen molar-refractivity contribution in [2.45, 2.75) is 38.1 Å². The first-order valence-electron chi connectivity index (χ1n) is 17.1. The molecule has 6 N–H and O–H groups in total. The predicted octanol–water partition coefficient (Wildman–Crippen LogP) is 6.97. The summed E-state index contributed by atoms with van der Waals surface area (Å²) in [4.78, 5) is 0. The average molecular weight is 778 g/mol. The van der Waals surface area contributed by atoms with E-state index in [0.717, 1.165) is 45.9 Å². The Labute approximate surface area is 323 Å². The maximum atomic E-state index is 5.30. The number of ether oxygens (including phenoxy) is 2. The summed E-state index contributed by atoms with van der Waals surface area (Å²) in [7, 11) is 3.32. The van der Waals surface area contributed by atoms with E-state index in [0.29, 0.717) is 58.6 Å². The van der Waals surface area contributed by atoms with Gasteiger partial charge in [-0.3, -0.25) is 0 Å². The number of para-hydroxylation sites is 3. The number of thiocarbonyl (C=S) groups is 3. The van der Waals surface area contributed by atoms with E-state index in [1.54, 1.807) is 14.2 Å². The normalized spacial score (nSPS) is 12.3. The van der Waals surface area contributed by atoms with E-state index in [4.69, 9.17) is 59.7 Å². The van der Waals surface area contributed by atoms with Gasteiger partial charge in [0.05, 0.1) is 22.8 Å². The summed E-state index contributed by atoms with van der Waals surface area (Å²) in [6.45, 7) is 2.72. The van der Waals surface area contributed by atoms with Crippen LogP contribution in [0, 0.1) is 0 Å². The molecule has 1 saturated carbocycles. The summed E-state index contributed by atoms with van der Waals surface area (Å²) in [5.41, 5.74) is 2.24. The first kappa shape index (κ1) is 39.3. The number of rotatable bonds is 11. The van der Waals surface area contributed by atoms with Crippen LogP contribution in [0.5, 0.6) is 0 Å². The van der Waals surface area contributed by atoms with Gasteiger partial charge in [-0.25, -0.2) is 0 Å². The second-order valence-electron chi connectivity index (χ2n) is 11.8. The fraction of sp³-hybridized carbons (Fsp3) is 0.333. The van der Waals surface area contributed by atoms with Gasteiger partial charge in [0.25, 0.3) is 0 Å². The molecule has 280 valence electrons. The summed E-state index contributed by atoms with van der Waals surface area (Å²) in [6, 6.07) is 23.5. The van der Waals surface area contributed by atoms with Crippen molar-refractivity contribution in [2.75, 3.05) is 56.5 Å². The largest absolute Gasteiger partial charge is 0.385 e. The van der Waals surface area contributed by atoms with E-state index in [-0.39, 0.29) is 0 Å². The Morgan fingerprint density at radius 1 is 0.604 bits per heavy atom. The van der Waals surface area contributed by atoms with Gasteiger partial charge in [-0.1, -0.05) is 64.7 Å². The molecule has 0 atom stereocenters. The predicted molar refractivity (Wildman–Crippen MR) is 220 cm³/mol. The van der Waals surface area contributed by atoms with Gasteiger partial charge in [0.1, 0.15) is 0 Å². The molecule has 7 rings (SSSR count). The lowest BCUT2D eigenvalue weighted by Crippen LogP contribution is -2.36. The van der Waals surface area contributed by atoms with Crippen molar-refractivity contribution in [3.05, 3.63) is 72.8 Å². The van der Waals surface area contributed by atoms with Crippen LogP contribution in [0.25, 0.3) is 32.9 Å². The third kappa shape index (κ3) is 12.0. The Kier molecular flexibility index (Phi) is 15.5. The molecule has 0 spiro atoms. The van der Waals surface area contributed by atoms with Crippen LogP contribution in [0.4, 0.5) is 17.5 Å². The van der Waals surface area contributed by atoms with Crippen molar-refractivity contribution in [2.24, 2.45) is 0 Å². The van der Waals surface area contributed by atoms with Gasteiger partial charge in [-0.2, -0.15) is 0 Å². The maximum Gasteiger partial charge on any atom is 0.183 e. The van der Waals surface area contributed by atoms with Crippen LogP contribution >= 0.6 is 36.7 Å². The molecule has 1 fully saturated rings. The van der Waals surface area contributed by atoms with Crippen molar-refractivity contribution < 1.29 is 23.0 Å². The Balaban J connectivity index is 0.000000153. The lowest BCUT2D eigenvalue weighted by molar-refractivity contribution is 0.196. The topological polar surface area (TPSA) is 169 Å². The summed E-state index contributed by atoms with van der Waals surface area (Å²) in [6.07, 6.45) is 5.86. The Hall–Kier alpha value is -4.94. The molecule has 1 aliphatic carbocycles. The molecule has 0 saturated heterocycles. The average Bonchev–Trinajstić information content (AvgIpc) is 4.00. The summed E-state index contributed by atoms with van der Waals surface area (Å²) < 4.78 is 25.4. The van der Waals surface area contributed by atoms with Crippen LogP contribution in [0.1, 0.15) is 32.1 Å². The number of aromatic nitrogens is 3. The molecule has 6 aromatic rings. The first-order valence-corrected chi connectivity index (χ1v) is 18.4. The second-order valence-corrected chi connectivity index (χ2v) is 13.0. The Morgan fingerprint density at radius 3 is 1.47 bits per heavy atom. The Bertz CT molecular complexity index is 2060. The van der Waals surface area contributed by atoms with E-state index in [2.05, 4.69) is 47.4 Å². The molecular formula is C36H43N9O5S3. The molecule has 1 aliphatic rings. The van der Waals surface area contributed by atoms with Crippen molar-refractivity contribution in [1.29, 1.82) is 0 Å². The second kappa shape index (κ2) is 20.9. The fourth-order valence-electron chi connectivity index (χ4n) is 5.32. The monoisotopic (exact) mass is 777 g/mol. The molecule has 53 heavy (non-hydrogen) atoms. The number of hydrogen-bond acceptors (Lipinski definition) is 11. The summed E-state index contributed by atoms with van der Waals surface area (Å²) in [5.74, 6) is 1.94. The molecule has 14 nitrogen and oxygen atoms in total. The number of nitrogens with zero attached hydrogens (tertiary/aromatic N) is 3. The van der Waals surface area contributed by atoms with Crippen molar-refractivity contribution in [1.82, 2.24) is 31.4 Å². The third-order valence-corrected chi connectivity index (χ3v) is 8.63. The molecule has 0 bridgehead atoms. The SMILES string of the molecule is COCCCNC(=S)Nc1noc2ccccc12.COCCNC(=S)Nc1noc2ccccc12.S=C(Nc1noc2ccccc12)NC1CCCC1. The smallest absolute Gasteiger partial charge is 0.183 e. The minimum absolute atomic E-state index is 0.501. The van der Waals surface area contributed by atoms with Gasteiger partial charge >= 0.3 is 0 Å². The van der Waals surface area contributed by atoms with Gasteiger partial charge in [0, 0.05) is 40.0 Å². The van der Waals surface area contributed by atoms with Crippen molar-refractivity contribution in [3.63, 3.8) is 0 Å². The lowest BCUT2D eigenvalue weighted by Gasteiger charge is -2.14. The number of nitrogens with one attached hydrogen (secondary N) is 6. The summed E-state index contributed by atoms with van der Waals surface area (Å²) >= 11 is 15.6. The van der Waals surface area contributed by atoms with Crippen LogP contribution in [0.2, 0.25) is 0 Å². The van der Waals surface area contributed by atoms with Gasteiger partial charge < -0.3 is 54.9 Å². The van der Waals surface area contributed by atoms with Gasteiger partial charge in [-0.05, 0) is 92.3 Å². The number of hydrogen-bond donors (Lipinski definition) is 6. The number of methoxy groups -OCH3 is 2. The maximum absolute atomic E-state index is 5.30. The van der Waals surface area contributed by atoms with E-state index in [1.807, 2.05) is 72.8 Å². The van der Waals surface area contributed by atoms with Crippen LogP contribution in [0.15, 0.2) is 86.4 Å². The molecule has 17 heteroatoms. The highest BCUT2D eigenvalue weighted by Gasteiger charge is 2.17. The van der Waals surface area contributed by atoms with Crippen LogP contribution < -0.4 is 31.9 Å². The molecule has 0 unspecified atom stereocenters. The number of benzene rings is 3. The first-order chi connectivity index (χ1) is 25.9. The van der Waals surface area contributed by atoms with E-state index >= 15 is 0 Å². The van der Waals surface area contributed by atoms with E-state index in [1.165, 1.54) is 25.7 Å². The fourth-order valence-corrected chi connectivity index (χ4v) is 5.98. The van der Waals surface area contributed by atoms with Gasteiger partial charge in [-0.15, -0.1) is 0 Å². The zero-order valence-corrected chi connectivity index (χ0v) is 31.9. The molecular weight excluding hydrogens is 735 g/mol. The summed E-state index contributed by atoms with van der Waals surface area (Å²) in [5, 5.41) is 34.8. The third-order valence-electron chi connectivity index (χ3n) is 7.92. The van der Waals surface area contributed by atoms with E-state index < -0.39 is 0 Å². The zero-order valence-electron chi connectivity index (χ0n) is 29.5. The molecule has 3 heterocycles.